The molecule has 0 saturated heterocycles. The quantitative estimate of drug-likeness (QED) is 0.748. The average molecular weight is 282 g/mol. The van der Waals surface area contributed by atoms with E-state index in [1.54, 1.807) is 6.20 Å². The molecule has 0 bridgehead atoms. The van der Waals surface area contributed by atoms with E-state index in [1.165, 1.54) is 0 Å². The fraction of sp³-hybridized carbons (Fsp3) is 0.714. The maximum Gasteiger partial charge on any atom is 0.407 e. The summed E-state index contributed by atoms with van der Waals surface area (Å²) in [5.74, 6) is 0. The van der Waals surface area contributed by atoms with E-state index in [1.807, 2.05) is 26.8 Å². The molecule has 2 unspecified atom stereocenters. The summed E-state index contributed by atoms with van der Waals surface area (Å²) in [5, 5.41) is 13.1. The van der Waals surface area contributed by atoms with E-state index in [0.29, 0.717) is 6.54 Å². The van der Waals surface area contributed by atoms with E-state index in [-0.39, 0.29) is 18.2 Å². The van der Waals surface area contributed by atoms with Crippen LogP contribution in [0, 0.1) is 0 Å². The first-order chi connectivity index (χ1) is 9.31. The number of ether oxygens (including phenoxy) is 1. The monoisotopic (exact) mass is 282 g/mol. The summed E-state index contributed by atoms with van der Waals surface area (Å²) in [4.78, 5) is 11.6. The van der Waals surface area contributed by atoms with Crippen molar-refractivity contribution in [3.63, 3.8) is 0 Å². The molecule has 0 fully saturated rings. The lowest BCUT2D eigenvalue weighted by atomic mass is 10.1. The molecular weight excluding hydrogens is 256 g/mol. The second-order valence-electron chi connectivity index (χ2n) is 5.89. The Balaban J connectivity index is 2.38. The molecule has 0 saturated carbocycles. The Bertz CT molecular complexity index is 398. The SMILES string of the molecule is CCC(CNC(=O)OC(C)(C)C)NC(C)c1ccn[nH]1. The number of carbonyl (C=O) groups excluding carboxylic acids is 1. The summed E-state index contributed by atoms with van der Waals surface area (Å²) < 4.78 is 5.22. The summed E-state index contributed by atoms with van der Waals surface area (Å²) >= 11 is 0. The van der Waals surface area contributed by atoms with Gasteiger partial charge in [-0.15, -0.1) is 0 Å². The number of H-pyrrole nitrogens is 1. The van der Waals surface area contributed by atoms with E-state index >= 15 is 0 Å². The van der Waals surface area contributed by atoms with Gasteiger partial charge in [0.2, 0.25) is 0 Å². The number of aromatic nitrogens is 2. The Morgan fingerprint density at radius 2 is 2.20 bits per heavy atom. The fourth-order valence-electron chi connectivity index (χ4n) is 1.79. The van der Waals surface area contributed by atoms with Crippen LogP contribution >= 0.6 is 0 Å². The highest BCUT2D eigenvalue weighted by Gasteiger charge is 2.18. The van der Waals surface area contributed by atoms with Crippen LogP contribution in [0.5, 0.6) is 0 Å². The molecule has 0 aromatic carbocycles. The van der Waals surface area contributed by atoms with Crippen LogP contribution in [-0.4, -0.2) is 34.5 Å². The minimum absolute atomic E-state index is 0.155. The summed E-state index contributed by atoms with van der Waals surface area (Å²) in [6.07, 6.45) is 2.26. The van der Waals surface area contributed by atoms with Crippen LogP contribution in [0.2, 0.25) is 0 Å². The predicted octanol–water partition coefficient (Wildman–Crippen LogP) is 2.36. The van der Waals surface area contributed by atoms with Gasteiger partial charge >= 0.3 is 6.09 Å². The molecule has 0 aliphatic carbocycles. The number of hydrogen-bond donors (Lipinski definition) is 3. The zero-order valence-electron chi connectivity index (χ0n) is 13.0. The van der Waals surface area contributed by atoms with Crippen LogP contribution in [0.4, 0.5) is 4.79 Å². The highest BCUT2D eigenvalue weighted by molar-refractivity contribution is 5.67. The number of nitrogens with one attached hydrogen (secondary N) is 3. The van der Waals surface area contributed by atoms with E-state index in [0.717, 1.165) is 12.1 Å². The van der Waals surface area contributed by atoms with Crippen LogP contribution in [0.1, 0.15) is 52.8 Å². The lowest BCUT2D eigenvalue weighted by molar-refractivity contribution is 0.0521. The largest absolute Gasteiger partial charge is 0.444 e. The van der Waals surface area contributed by atoms with Gasteiger partial charge in [-0.1, -0.05) is 6.92 Å². The topological polar surface area (TPSA) is 79.0 Å². The predicted molar refractivity (Wildman–Crippen MR) is 78.5 cm³/mol. The zero-order valence-corrected chi connectivity index (χ0v) is 13.0. The summed E-state index contributed by atoms with van der Waals surface area (Å²) in [6, 6.07) is 2.27. The van der Waals surface area contributed by atoms with Crippen LogP contribution in [0.3, 0.4) is 0 Å². The van der Waals surface area contributed by atoms with Crippen molar-refractivity contribution in [2.24, 2.45) is 0 Å². The molecule has 1 aromatic heterocycles. The van der Waals surface area contributed by atoms with Gasteiger partial charge < -0.3 is 15.4 Å². The van der Waals surface area contributed by atoms with Crippen LogP contribution in [-0.2, 0) is 4.74 Å². The molecule has 0 spiro atoms. The first kappa shape index (κ1) is 16.5. The molecule has 20 heavy (non-hydrogen) atoms. The average Bonchev–Trinajstić information content (AvgIpc) is 2.85. The number of amides is 1. The molecule has 114 valence electrons. The highest BCUT2D eigenvalue weighted by Crippen LogP contribution is 2.10. The normalized spacial score (nSPS) is 14.7. The Kier molecular flexibility index (Phi) is 6.01. The van der Waals surface area contributed by atoms with Gasteiger partial charge in [0.05, 0.1) is 5.69 Å². The molecule has 3 N–H and O–H groups in total. The van der Waals surface area contributed by atoms with Crippen LogP contribution in [0.15, 0.2) is 12.3 Å². The van der Waals surface area contributed by atoms with Gasteiger partial charge in [0.15, 0.2) is 0 Å². The zero-order chi connectivity index (χ0) is 15.2. The second kappa shape index (κ2) is 7.28. The van der Waals surface area contributed by atoms with Gasteiger partial charge in [0.25, 0.3) is 0 Å². The summed E-state index contributed by atoms with van der Waals surface area (Å²) in [5.41, 5.74) is 0.559. The summed E-state index contributed by atoms with van der Waals surface area (Å²) in [6.45, 7) is 10.2. The molecule has 1 heterocycles. The minimum Gasteiger partial charge on any atom is -0.444 e. The molecule has 1 amide bonds. The lowest BCUT2D eigenvalue weighted by Crippen LogP contribution is -2.43. The van der Waals surface area contributed by atoms with E-state index in [4.69, 9.17) is 4.74 Å². The number of aromatic amines is 1. The van der Waals surface area contributed by atoms with Crippen molar-refractivity contribution < 1.29 is 9.53 Å². The smallest absolute Gasteiger partial charge is 0.407 e. The number of rotatable bonds is 6. The van der Waals surface area contributed by atoms with Crippen molar-refractivity contribution in [1.29, 1.82) is 0 Å². The number of hydrogen-bond acceptors (Lipinski definition) is 4. The van der Waals surface area contributed by atoms with Crippen molar-refractivity contribution in [2.75, 3.05) is 6.54 Å². The van der Waals surface area contributed by atoms with Gasteiger partial charge in [-0.25, -0.2) is 4.79 Å². The molecule has 6 heteroatoms. The molecule has 2 atom stereocenters. The third kappa shape index (κ3) is 6.06. The third-order valence-corrected chi connectivity index (χ3v) is 2.86. The van der Waals surface area contributed by atoms with Crippen LogP contribution in [0.25, 0.3) is 0 Å². The Morgan fingerprint density at radius 1 is 1.50 bits per heavy atom. The fourth-order valence-corrected chi connectivity index (χ4v) is 1.79. The van der Waals surface area contributed by atoms with Crippen molar-refractivity contribution >= 4 is 6.09 Å². The Labute approximate surface area is 120 Å². The van der Waals surface area contributed by atoms with Gasteiger partial charge in [-0.2, -0.15) is 5.10 Å². The number of carbonyl (C=O) groups is 1. The van der Waals surface area contributed by atoms with Crippen molar-refractivity contribution in [1.82, 2.24) is 20.8 Å². The van der Waals surface area contributed by atoms with Crippen LogP contribution < -0.4 is 10.6 Å². The van der Waals surface area contributed by atoms with E-state index in [9.17, 15) is 4.79 Å². The van der Waals surface area contributed by atoms with Gasteiger partial charge in [0, 0.05) is 24.8 Å². The second-order valence-corrected chi connectivity index (χ2v) is 5.89. The molecule has 0 radical (unpaired) electrons. The first-order valence-corrected chi connectivity index (χ1v) is 7.04. The molecule has 1 aromatic rings. The van der Waals surface area contributed by atoms with Crippen molar-refractivity contribution in [3.8, 4) is 0 Å². The highest BCUT2D eigenvalue weighted by atomic mass is 16.6. The van der Waals surface area contributed by atoms with Gasteiger partial charge in [0.1, 0.15) is 5.60 Å². The third-order valence-electron chi connectivity index (χ3n) is 2.86. The minimum atomic E-state index is -0.470. The molecule has 6 nitrogen and oxygen atoms in total. The first-order valence-electron chi connectivity index (χ1n) is 7.04. The molecule has 0 aliphatic rings. The summed E-state index contributed by atoms with van der Waals surface area (Å²) in [7, 11) is 0. The Hall–Kier alpha value is -1.56. The number of alkyl carbamates (subject to hydrolysis) is 1. The maximum absolute atomic E-state index is 11.6. The van der Waals surface area contributed by atoms with Gasteiger partial charge in [-0.3, -0.25) is 5.10 Å². The number of nitrogens with zero attached hydrogens (tertiary/aromatic N) is 1. The van der Waals surface area contributed by atoms with Gasteiger partial charge in [-0.05, 0) is 40.2 Å². The molecule has 0 aliphatic heterocycles. The van der Waals surface area contributed by atoms with E-state index in [2.05, 4.69) is 34.7 Å². The van der Waals surface area contributed by atoms with Crippen molar-refractivity contribution in [2.45, 2.75) is 58.7 Å². The lowest BCUT2D eigenvalue weighted by Gasteiger charge is -2.24. The van der Waals surface area contributed by atoms with E-state index < -0.39 is 5.60 Å². The Morgan fingerprint density at radius 3 is 2.70 bits per heavy atom. The standard InChI is InChI=1S/C14H26N4O2/c1-6-11(9-15-13(19)20-14(3,4)5)17-10(2)12-7-8-16-18-12/h7-8,10-11,17H,6,9H2,1-5H3,(H,15,19)(H,16,18). The van der Waals surface area contributed by atoms with Crippen molar-refractivity contribution in [3.05, 3.63) is 18.0 Å². The molecular formula is C14H26N4O2. The maximum atomic E-state index is 11.6. The molecule has 1 rings (SSSR count).